The van der Waals surface area contributed by atoms with Gasteiger partial charge >= 0.3 is 0 Å². The first kappa shape index (κ1) is 77.3. The summed E-state index contributed by atoms with van der Waals surface area (Å²) in [5, 5.41) is 69.7. The molecule has 0 unspecified atom stereocenters. The van der Waals surface area contributed by atoms with Crippen molar-refractivity contribution >= 4 is 122 Å². The Labute approximate surface area is 663 Å². The van der Waals surface area contributed by atoms with Gasteiger partial charge in [0.2, 0.25) is 0 Å². The van der Waals surface area contributed by atoms with Crippen LogP contribution in [0, 0.1) is 48.5 Å². The molecule has 0 saturated heterocycles. The Hall–Kier alpha value is -12.9. The number of benzene rings is 12. The predicted molar refractivity (Wildman–Crippen MR) is 460 cm³/mol. The van der Waals surface area contributed by atoms with Crippen molar-refractivity contribution in [3.05, 3.63) is 346 Å². The van der Waals surface area contributed by atoms with Gasteiger partial charge in [-0.3, -0.25) is 0 Å². The van der Waals surface area contributed by atoms with E-state index in [4.69, 9.17) is 27.9 Å². The van der Waals surface area contributed by atoms with Gasteiger partial charge in [-0.15, -0.1) is 0 Å². The maximum absolute atomic E-state index is 9.88. The lowest BCUT2D eigenvalue weighted by Crippen LogP contribution is -1.90. The van der Waals surface area contributed by atoms with Gasteiger partial charge in [0.05, 0.1) is 77.3 Å². The quantitative estimate of drug-likeness (QED) is 0.0618. The molecular formula is C96H80Cl2N6O7S. The Morgan fingerprint density at radius 2 is 0.777 bits per heavy atom. The van der Waals surface area contributed by atoms with E-state index in [1.807, 2.05) is 120 Å². The molecule has 0 aliphatic carbocycles. The topological polar surface area (TPSA) is 208 Å². The number of halogens is 2. The van der Waals surface area contributed by atoms with E-state index in [0.717, 1.165) is 94.1 Å². The van der Waals surface area contributed by atoms with Crippen molar-refractivity contribution in [2.24, 2.45) is 0 Å². The summed E-state index contributed by atoms with van der Waals surface area (Å²) in [7, 11) is 0. The van der Waals surface area contributed by atoms with Crippen LogP contribution in [0.25, 0.3) is 98.1 Å². The minimum Gasteiger partial charge on any atom is -0.506 e. The number of ether oxygens (including phenoxy) is 1. The molecule has 0 spiro atoms. The van der Waals surface area contributed by atoms with Crippen LogP contribution in [0.3, 0.4) is 0 Å². The molecule has 6 aromatic heterocycles. The second-order valence-electron chi connectivity index (χ2n) is 27.2. The summed E-state index contributed by atoms with van der Waals surface area (Å²) in [4.78, 5) is 28.6. The molecule has 18 aromatic rings. The SMILES string of the molecule is CCc1cccc(-c2ccc3nc(C)c(O)cc3c2)c1.Cc1cccc(Sc2cccc3nc(C)c(O)cc23)c1.Cc1nc2cc(Cc3ccccc3)ccc2cc1O.Cc1nc2cc3ccccc3cc2cc1O.Cc1nc2ccc(Oc3ccc(Cl)c(Cl)c3)cc2cc1O.Cc1nc2ccc3ccccc3c2cc1O. The number of rotatable bonds is 8. The summed E-state index contributed by atoms with van der Waals surface area (Å²) in [6.45, 7) is 15.1. The number of aryl methyl sites for hydroxylation is 8. The fourth-order valence-electron chi connectivity index (χ4n) is 12.7. The van der Waals surface area contributed by atoms with Crippen molar-refractivity contribution in [1.82, 2.24) is 29.9 Å². The van der Waals surface area contributed by atoms with E-state index in [-0.39, 0.29) is 34.5 Å². The number of fused-ring (bicyclic) bond motifs is 9. The summed E-state index contributed by atoms with van der Waals surface area (Å²) in [6, 6.07) is 91.3. The smallest absolute Gasteiger partial charge is 0.137 e. The molecule has 0 fully saturated rings. The van der Waals surface area contributed by atoms with Crippen LogP contribution < -0.4 is 4.74 Å². The van der Waals surface area contributed by atoms with Crippen LogP contribution in [0.15, 0.2) is 289 Å². The molecule has 0 saturated carbocycles. The Bertz CT molecular complexity index is 6450. The highest BCUT2D eigenvalue weighted by atomic mass is 35.5. The molecule has 0 bridgehead atoms. The monoisotopic (exact) mass is 1530 g/mol. The third kappa shape index (κ3) is 18.9. The summed E-state index contributed by atoms with van der Waals surface area (Å²) in [5.41, 5.74) is 16.8. The molecule has 0 atom stereocenters. The highest BCUT2D eigenvalue weighted by Gasteiger charge is 2.13. The number of aromatic nitrogens is 6. The first-order chi connectivity index (χ1) is 54.0. The average molecular weight is 1530 g/mol. The lowest BCUT2D eigenvalue weighted by Gasteiger charge is -2.08. The van der Waals surface area contributed by atoms with Crippen molar-refractivity contribution < 1.29 is 35.4 Å². The fraction of sp³-hybridized carbons (Fsp3) is 0.104. The van der Waals surface area contributed by atoms with Crippen molar-refractivity contribution in [2.75, 3.05) is 0 Å². The van der Waals surface area contributed by atoms with Gasteiger partial charge in [-0.25, -0.2) is 29.9 Å². The van der Waals surface area contributed by atoms with Crippen molar-refractivity contribution in [3.63, 3.8) is 0 Å². The molecule has 6 heterocycles. The van der Waals surface area contributed by atoms with Crippen molar-refractivity contribution in [1.29, 1.82) is 0 Å². The van der Waals surface area contributed by atoms with Crippen molar-refractivity contribution in [2.45, 2.75) is 78.0 Å². The highest BCUT2D eigenvalue weighted by molar-refractivity contribution is 7.99. The largest absolute Gasteiger partial charge is 0.506 e. The molecule has 0 radical (unpaired) electrons. The third-order valence-corrected chi connectivity index (χ3v) is 20.8. The third-order valence-electron chi connectivity index (χ3n) is 19.0. The van der Waals surface area contributed by atoms with Crippen LogP contribution in [-0.4, -0.2) is 60.5 Å². The number of pyridine rings is 6. The molecule has 16 heteroatoms. The minimum atomic E-state index is 0.161. The van der Waals surface area contributed by atoms with Crippen LogP contribution >= 0.6 is 35.0 Å². The average Bonchev–Trinajstić information content (AvgIpc) is 0.808. The van der Waals surface area contributed by atoms with Crippen LogP contribution in [0.5, 0.6) is 46.0 Å². The van der Waals surface area contributed by atoms with Gasteiger partial charge in [0.1, 0.15) is 46.0 Å². The van der Waals surface area contributed by atoms with Gasteiger partial charge in [-0.1, -0.05) is 193 Å². The summed E-state index contributed by atoms with van der Waals surface area (Å²) in [6.07, 6.45) is 1.93. The molecule has 0 amide bonds. The normalized spacial score (nSPS) is 10.9. The highest BCUT2D eigenvalue weighted by Crippen LogP contribution is 2.38. The van der Waals surface area contributed by atoms with E-state index >= 15 is 0 Å². The Kier molecular flexibility index (Phi) is 24.0. The number of hydrogen-bond acceptors (Lipinski definition) is 14. The molecule has 13 nitrogen and oxygen atoms in total. The second kappa shape index (κ2) is 34.8. The van der Waals surface area contributed by atoms with Gasteiger partial charge in [0.25, 0.3) is 0 Å². The first-order valence-electron chi connectivity index (χ1n) is 36.4. The summed E-state index contributed by atoms with van der Waals surface area (Å²) >= 11 is 13.5. The van der Waals surface area contributed by atoms with E-state index in [2.05, 4.69) is 183 Å². The Balaban J connectivity index is 0.000000118. The van der Waals surface area contributed by atoms with E-state index in [1.54, 1.807) is 73.3 Å². The van der Waals surface area contributed by atoms with Crippen LogP contribution in [0.1, 0.15) is 63.3 Å². The molecule has 6 N–H and O–H groups in total. The summed E-state index contributed by atoms with van der Waals surface area (Å²) < 4.78 is 5.74. The Morgan fingerprint density at radius 1 is 0.295 bits per heavy atom. The van der Waals surface area contributed by atoms with Crippen LogP contribution in [0.4, 0.5) is 0 Å². The zero-order valence-electron chi connectivity index (χ0n) is 62.9. The van der Waals surface area contributed by atoms with Crippen LogP contribution in [-0.2, 0) is 12.8 Å². The zero-order chi connectivity index (χ0) is 78.7. The summed E-state index contributed by atoms with van der Waals surface area (Å²) in [5.74, 6) is 2.63. The van der Waals surface area contributed by atoms with E-state index in [0.29, 0.717) is 55.7 Å². The molecule has 18 rings (SSSR count). The van der Waals surface area contributed by atoms with Crippen molar-refractivity contribution in [3.8, 4) is 57.1 Å². The number of aromatic hydroxyl groups is 6. The standard InChI is InChI=1S/C18H17NO.C17H15NOS.C17H15NO.C16H11Cl2NO2.2C14H11NO/c1-3-13-5-4-6-14(9-13)15-7-8-17-16(10-15)11-18(20)12(2)19-17;1-11-5-3-6-13(9-11)20-17-8-4-7-15-14(17)10-16(19)12(2)18-15;1-12-17(19)11-15-8-7-14(10-16(15)18-12)9-13-5-3-2-4-6-13;1-9-16(20)7-10-6-11(3-5-15(10)19-9)21-12-2-4-13(17)14(18)8-12;1-9-14(16)8-12-6-10-4-2-3-5-11(10)7-13(12)15-9;1-9-14(16)8-12-11-5-3-2-4-10(11)6-7-13(12)15-9/h4-11,20H,3H2,1-2H3;3-10,19H,1-2H3;2-8,10-11,19H,9H2,1H3;2-8,20H,1H3;2*2-8,16H,1H3. The lowest BCUT2D eigenvalue weighted by atomic mass is 10.0. The maximum atomic E-state index is 9.88. The first-order valence-corrected chi connectivity index (χ1v) is 38.0. The zero-order valence-corrected chi connectivity index (χ0v) is 65.2. The molecule has 0 aliphatic heterocycles. The van der Waals surface area contributed by atoms with Gasteiger partial charge in [0, 0.05) is 48.2 Å². The minimum absolute atomic E-state index is 0.161. The van der Waals surface area contributed by atoms with E-state index in [9.17, 15) is 30.6 Å². The fourth-order valence-corrected chi connectivity index (χ4v) is 14.1. The predicted octanol–water partition coefficient (Wildman–Crippen LogP) is 25.2. The molecule has 12 aromatic carbocycles. The van der Waals surface area contributed by atoms with Crippen LogP contribution in [0.2, 0.25) is 10.0 Å². The van der Waals surface area contributed by atoms with Gasteiger partial charge in [0.15, 0.2) is 0 Å². The molecule has 556 valence electrons. The number of nitrogens with zero attached hydrogens (tertiary/aromatic N) is 6. The lowest BCUT2D eigenvalue weighted by molar-refractivity contribution is 0.468. The number of hydrogen-bond donors (Lipinski definition) is 6. The van der Waals surface area contributed by atoms with Gasteiger partial charge in [-0.2, -0.15) is 0 Å². The molecular weight excluding hydrogens is 1450 g/mol. The van der Waals surface area contributed by atoms with E-state index in [1.165, 1.54) is 48.9 Å². The Morgan fingerprint density at radius 3 is 1.43 bits per heavy atom. The molecule has 112 heavy (non-hydrogen) atoms. The maximum Gasteiger partial charge on any atom is 0.137 e. The van der Waals surface area contributed by atoms with E-state index < -0.39 is 0 Å². The van der Waals surface area contributed by atoms with Gasteiger partial charge in [-0.05, 0) is 238 Å². The second-order valence-corrected chi connectivity index (χ2v) is 29.2. The van der Waals surface area contributed by atoms with Gasteiger partial charge < -0.3 is 35.4 Å². The molecule has 0 aliphatic rings.